The van der Waals surface area contributed by atoms with Gasteiger partial charge in [-0.15, -0.1) is 0 Å². The number of carbonyl (C=O) groups is 1. The first kappa shape index (κ1) is 12.3. The van der Waals surface area contributed by atoms with Crippen molar-refractivity contribution in [1.29, 1.82) is 0 Å². The molecule has 0 aromatic heterocycles. The second-order valence-electron chi connectivity index (χ2n) is 4.53. The monoisotopic (exact) mass is 249 g/mol. The highest BCUT2D eigenvalue weighted by Crippen LogP contribution is 2.30. The second-order valence-corrected chi connectivity index (χ2v) is 4.53. The van der Waals surface area contributed by atoms with Crippen LogP contribution in [0.2, 0.25) is 0 Å². The van der Waals surface area contributed by atoms with Gasteiger partial charge in [0.15, 0.2) is 0 Å². The number of amides is 1. The number of rotatable bonds is 4. The average Bonchev–Trinajstić information content (AvgIpc) is 3.03. The largest absolute Gasteiger partial charge is 0.387 e. The summed E-state index contributed by atoms with van der Waals surface area (Å²) in [6, 6.07) is 4.42. The van der Waals surface area contributed by atoms with E-state index in [0.717, 1.165) is 6.42 Å². The van der Waals surface area contributed by atoms with Gasteiger partial charge in [0.25, 0.3) is 11.6 Å². The molecule has 1 aromatic carbocycles. The molecule has 18 heavy (non-hydrogen) atoms. The summed E-state index contributed by atoms with van der Waals surface area (Å²) in [5, 5.41) is 16.4. The third-order valence-electron chi connectivity index (χ3n) is 3.15. The number of anilines is 1. The molecule has 1 saturated carbocycles. The molecule has 1 aromatic rings. The minimum Gasteiger partial charge on any atom is -0.387 e. The molecule has 6 heteroatoms. The molecule has 1 fully saturated rings. The number of hydrogen-bond acceptors (Lipinski definition) is 4. The molecule has 2 N–H and O–H groups in total. The Morgan fingerprint density at radius 2 is 2.17 bits per heavy atom. The molecular weight excluding hydrogens is 234 g/mol. The van der Waals surface area contributed by atoms with E-state index < -0.39 is 4.92 Å². The SMILES string of the molecule is CNc1ccc([N+](=O)[O-])cc1C(=O)NC1CC1C. The van der Waals surface area contributed by atoms with Crippen molar-refractivity contribution >= 4 is 17.3 Å². The summed E-state index contributed by atoms with van der Waals surface area (Å²) in [5.74, 6) is 0.225. The molecule has 96 valence electrons. The van der Waals surface area contributed by atoms with Crippen molar-refractivity contribution in [2.24, 2.45) is 5.92 Å². The first-order chi connectivity index (χ1) is 8.52. The normalized spacial score (nSPS) is 21.2. The zero-order chi connectivity index (χ0) is 13.3. The van der Waals surface area contributed by atoms with E-state index in [1.54, 1.807) is 13.1 Å². The van der Waals surface area contributed by atoms with Crippen molar-refractivity contribution in [1.82, 2.24) is 5.32 Å². The van der Waals surface area contributed by atoms with E-state index in [-0.39, 0.29) is 17.6 Å². The maximum atomic E-state index is 12.0. The van der Waals surface area contributed by atoms with Crippen molar-refractivity contribution in [3.05, 3.63) is 33.9 Å². The van der Waals surface area contributed by atoms with Gasteiger partial charge in [-0.05, 0) is 18.4 Å². The molecule has 0 spiro atoms. The number of benzene rings is 1. The van der Waals surface area contributed by atoms with Crippen molar-refractivity contribution in [3.8, 4) is 0 Å². The molecule has 1 aliphatic rings. The van der Waals surface area contributed by atoms with E-state index in [1.165, 1.54) is 12.1 Å². The molecule has 0 heterocycles. The van der Waals surface area contributed by atoms with E-state index in [1.807, 2.05) is 0 Å². The Labute approximate surface area is 105 Å². The Balaban J connectivity index is 2.25. The lowest BCUT2D eigenvalue weighted by atomic mass is 10.1. The van der Waals surface area contributed by atoms with Crippen LogP contribution in [0, 0.1) is 16.0 Å². The van der Waals surface area contributed by atoms with Crippen LogP contribution in [0.15, 0.2) is 18.2 Å². The maximum absolute atomic E-state index is 12.0. The Bertz CT molecular complexity index is 501. The third-order valence-corrected chi connectivity index (χ3v) is 3.15. The van der Waals surface area contributed by atoms with Gasteiger partial charge in [0.2, 0.25) is 0 Å². The maximum Gasteiger partial charge on any atom is 0.270 e. The van der Waals surface area contributed by atoms with Gasteiger partial charge in [0.05, 0.1) is 10.5 Å². The summed E-state index contributed by atoms with van der Waals surface area (Å²) in [6.07, 6.45) is 0.968. The molecule has 0 saturated heterocycles. The summed E-state index contributed by atoms with van der Waals surface area (Å²) in [4.78, 5) is 22.2. The molecule has 2 rings (SSSR count). The van der Waals surface area contributed by atoms with Crippen LogP contribution in [0.3, 0.4) is 0 Å². The van der Waals surface area contributed by atoms with E-state index in [9.17, 15) is 14.9 Å². The minimum absolute atomic E-state index is 0.0806. The molecule has 0 bridgehead atoms. The number of nitro groups is 1. The quantitative estimate of drug-likeness (QED) is 0.629. The van der Waals surface area contributed by atoms with Gasteiger partial charge in [-0.2, -0.15) is 0 Å². The second kappa shape index (κ2) is 4.64. The van der Waals surface area contributed by atoms with Crippen LogP contribution in [-0.4, -0.2) is 23.9 Å². The fourth-order valence-electron chi connectivity index (χ4n) is 1.82. The Morgan fingerprint density at radius 1 is 1.50 bits per heavy atom. The molecule has 1 aliphatic carbocycles. The first-order valence-electron chi connectivity index (χ1n) is 5.80. The average molecular weight is 249 g/mol. The number of non-ortho nitro benzene ring substituents is 1. The summed E-state index contributed by atoms with van der Waals surface area (Å²) in [6.45, 7) is 2.05. The van der Waals surface area contributed by atoms with Gasteiger partial charge >= 0.3 is 0 Å². The smallest absolute Gasteiger partial charge is 0.270 e. The fourth-order valence-corrected chi connectivity index (χ4v) is 1.82. The van der Waals surface area contributed by atoms with Crippen LogP contribution in [0.25, 0.3) is 0 Å². The van der Waals surface area contributed by atoms with Crippen molar-refractivity contribution in [3.63, 3.8) is 0 Å². The van der Waals surface area contributed by atoms with E-state index in [4.69, 9.17) is 0 Å². The number of hydrogen-bond donors (Lipinski definition) is 2. The van der Waals surface area contributed by atoms with Crippen LogP contribution in [0.5, 0.6) is 0 Å². The van der Waals surface area contributed by atoms with Crippen molar-refractivity contribution < 1.29 is 9.72 Å². The van der Waals surface area contributed by atoms with Gasteiger partial charge in [-0.3, -0.25) is 14.9 Å². The molecule has 0 radical (unpaired) electrons. The summed E-state index contributed by atoms with van der Waals surface area (Å²) < 4.78 is 0. The van der Waals surface area contributed by atoms with Crippen LogP contribution in [0.4, 0.5) is 11.4 Å². The van der Waals surface area contributed by atoms with E-state index in [0.29, 0.717) is 17.2 Å². The van der Waals surface area contributed by atoms with Gasteiger partial charge in [0, 0.05) is 30.9 Å². The van der Waals surface area contributed by atoms with Gasteiger partial charge in [-0.1, -0.05) is 6.92 Å². The summed E-state index contributed by atoms with van der Waals surface area (Å²) in [7, 11) is 1.68. The zero-order valence-corrected chi connectivity index (χ0v) is 10.3. The molecular formula is C12H15N3O3. The number of nitrogens with one attached hydrogen (secondary N) is 2. The highest BCUT2D eigenvalue weighted by atomic mass is 16.6. The molecule has 0 aliphatic heterocycles. The van der Waals surface area contributed by atoms with Gasteiger partial charge in [-0.25, -0.2) is 0 Å². The Kier molecular flexibility index (Phi) is 3.18. The fraction of sp³-hybridized carbons (Fsp3) is 0.417. The molecule has 1 amide bonds. The van der Waals surface area contributed by atoms with Crippen LogP contribution in [-0.2, 0) is 0 Å². The summed E-state index contributed by atoms with van der Waals surface area (Å²) >= 11 is 0. The topological polar surface area (TPSA) is 84.3 Å². The Hall–Kier alpha value is -2.11. The third kappa shape index (κ3) is 2.42. The highest BCUT2D eigenvalue weighted by Gasteiger charge is 2.34. The molecule has 2 atom stereocenters. The molecule has 2 unspecified atom stereocenters. The lowest BCUT2D eigenvalue weighted by molar-refractivity contribution is -0.384. The number of nitrogens with zero attached hydrogens (tertiary/aromatic N) is 1. The lowest BCUT2D eigenvalue weighted by Crippen LogP contribution is -2.27. The number of nitro benzene ring substituents is 1. The highest BCUT2D eigenvalue weighted by molar-refractivity contribution is 6.00. The van der Waals surface area contributed by atoms with E-state index in [2.05, 4.69) is 17.6 Å². The van der Waals surface area contributed by atoms with Gasteiger partial charge < -0.3 is 10.6 Å². The van der Waals surface area contributed by atoms with Crippen LogP contribution >= 0.6 is 0 Å². The molecule has 6 nitrogen and oxygen atoms in total. The van der Waals surface area contributed by atoms with Crippen molar-refractivity contribution in [2.75, 3.05) is 12.4 Å². The van der Waals surface area contributed by atoms with Crippen molar-refractivity contribution in [2.45, 2.75) is 19.4 Å². The van der Waals surface area contributed by atoms with Crippen LogP contribution in [0.1, 0.15) is 23.7 Å². The standard InChI is InChI=1S/C12H15N3O3/c1-7-5-11(7)14-12(16)9-6-8(15(17)18)3-4-10(9)13-2/h3-4,6-7,11,13H,5H2,1-2H3,(H,14,16). The van der Waals surface area contributed by atoms with Gasteiger partial charge in [0.1, 0.15) is 0 Å². The van der Waals surface area contributed by atoms with Crippen LogP contribution < -0.4 is 10.6 Å². The van der Waals surface area contributed by atoms with E-state index >= 15 is 0 Å². The summed E-state index contributed by atoms with van der Waals surface area (Å²) in [5.41, 5.74) is 0.820. The predicted octanol–water partition coefficient (Wildman–Crippen LogP) is 1.77. The Morgan fingerprint density at radius 3 is 2.67 bits per heavy atom. The predicted molar refractivity (Wildman–Crippen MR) is 67.7 cm³/mol. The lowest BCUT2D eigenvalue weighted by Gasteiger charge is -2.09. The zero-order valence-electron chi connectivity index (χ0n) is 10.3. The number of carbonyl (C=O) groups excluding carboxylic acids is 1. The minimum atomic E-state index is -0.504. The first-order valence-corrected chi connectivity index (χ1v) is 5.80.